The van der Waals surface area contributed by atoms with Gasteiger partial charge in [0, 0.05) is 7.05 Å². The molecule has 2 rings (SSSR count). The molecule has 0 bridgehead atoms. The summed E-state index contributed by atoms with van der Waals surface area (Å²) in [5.41, 5.74) is 0.636. The summed E-state index contributed by atoms with van der Waals surface area (Å²) in [6.07, 6.45) is 0. The van der Waals surface area contributed by atoms with Crippen LogP contribution in [-0.4, -0.2) is 29.7 Å². The van der Waals surface area contributed by atoms with Crippen molar-refractivity contribution >= 4 is 23.5 Å². The van der Waals surface area contributed by atoms with Gasteiger partial charge in [0.2, 0.25) is 5.84 Å². The number of aliphatic imine (C=N–C) groups is 1. The molecule has 5 heteroatoms. The van der Waals surface area contributed by atoms with E-state index in [1.165, 1.54) is 7.05 Å². The van der Waals surface area contributed by atoms with Crippen molar-refractivity contribution in [3.05, 3.63) is 30.3 Å². The lowest BCUT2D eigenvalue weighted by atomic mass is 10.3. The molecule has 3 amide bonds. The van der Waals surface area contributed by atoms with Crippen molar-refractivity contribution < 1.29 is 9.59 Å². The van der Waals surface area contributed by atoms with Gasteiger partial charge in [0.05, 0.1) is 5.69 Å². The second-order valence-electron chi connectivity index (χ2n) is 3.09. The number of carbonyl (C=O) groups excluding carboxylic acids is 2. The van der Waals surface area contributed by atoms with Crippen molar-refractivity contribution in [3.63, 3.8) is 0 Å². The second kappa shape index (κ2) is 3.53. The van der Waals surface area contributed by atoms with Gasteiger partial charge in [0.25, 0.3) is 5.91 Å². The van der Waals surface area contributed by atoms with Gasteiger partial charge in [-0.1, -0.05) is 18.2 Å². The molecule has 0 saturated carbocycles. The number of nitrogens with zero attached hydrogens (tertiary/aromatic N) is 2. The van der Waals surface area contributed by atoms with Gasteiger partial charge in [0.15, 0.2) is 0 Å². The molecule has 0 unspecified atom stereocenters. The molecule has 76 valence electrons. The Morgan fingerprint density at radius 1 is 1.20 bits per heavy atom. The Kier molecular flexibility index (Phi) is 2.21. The molecule has 0 aromatic heterocycles. The number of amidine groups is 1. The van der Waals surface area contributed by atoms with Crippen molar-refractivity contribution in [3.8, 4) is 0 Å². The number of imide groups is 1. The second-order valence-corrected chi connectivity index (χ2v) is 3.09. The van der Waals surface area contributed by atoms with Crippen LogP contribution in [-0.2, 0) is 4.79 Å². The Hall–Kier alpha value is -2.17. The third kappa shape index (κ3) is 1.71. The fourth-order valence-electron chi connectivity index (χ4n) is 1.20. The first-order valence-electron chi connectivity index (χ1n) is 4.41. The number of amides is 3. The Balaban J connectivity index is 2.30. The summed E-state index contributed by atoms with van der Waals surface area (Å²) < 4.78 is 0. The first-order chi connectivity index (χ1) is 7.18. The van der Waals surface area contributed by atoms with Gasteiger partial charge in [-0.2, -0.15) is 0 Å². The van der Waals surface area contributed by atoms with E-state index in [2.05, 4.69) is 10.3 Å². The highest BCUT2D eigenvalue weighted by atomic mass is 16.2. The van der Waals surface area contributed by atoms with E-state index in [1.54, 1.807) is 12.1 Å². The number of benzene rings is 1. The van der Waals surface area contributed by atoms with Crippen LogP contribution in [0.15, 0.2) is 35.3 Å². The zero-order valence-electron chi connectivity index (χ0n) is 8.10. The summed E-state index contributed by atoms with van der Waals surface area (Å²) in [7, 11) is 1.41. The zero-order chi connectivity index (χ0) is 10.8. The number of likely N-dealkylation sites (N-methyl/N-ethyl adjacent to an activating group) is 1. The molecule has 1 aliphatic heterocycles. The number of carbonyl (C=O) groups is 2. The number of hydrogen-bond acceptors (Lipinski definition) is 3. The third-order valence-electron chi connectivity index (χ3n) is 2.03. The van der Waals surface area contributed by atoms with Gasteiger partial charge in [0.1, 0.15) is 0 Å². The molecule has 1 N–H and O–H groups in total. The molecule has 0 aliphatic carbocycles. The van der Waals surface area contributed by atoms with Crippen molar-refractivity contribution in [2.75, 3.05) is 7.05 Å². The maximum Gasteiger partial charge on any atom is 0.329 e. The number of hydrogen-bond donors (Lipinski definition) is 1. The average molecular weight is 203 g/mol. The van der Waals surface area contributed by atoms with E-state index in [1.807, 2.05) is 18.2 Å². The van der Waals surface area contributed by atoms with Gasteiger partial charge in [-0.25, -0.2) is 9.79 Å². The van der Waals surface area contributed by atoms with Crippen molar-refractivity contribution in [2.24, 2.45) is 4.99 Å². The van der Waals surface area contributed by atoms with Gasteiger partial charge < -0.3 is 0 Å². The van der Waals surface area contributed by atoms with E-state index in [0.717, 1.165) is 4.90 Å². The van der Waals surface area contributed by atoms with Crippen LogP contribution < -0.4 is 5.32 Å². The van der Waals surface area contributed by atoms with Crippen LogP contribution in [0.4, 0.5) is 10.5 Å². The van der Waals surface area contributed by atoms with Crippen LogP contribution >= 0.6 is 0 Å². The summed E-state index contributed by atoms with van der Waals surface area (Å²) in [5.74, 6) is -0.349. The van der Waals surface area contributed by atoms with Crippen LogP contribution in [0.25, 0.3) is 0 Å². The van der Waals surface area contributed by atoms with Gasteiger partial charge in [-0.05, 0) is 12.1 Å². The first-order valence-corrected chi connectivity index (χ1v) is 4.41. The molecule has 0 spiro atoms. The van der Waals surface area contributed by atoms with Crippen molar-refractivity contribution in [1.82, 2.24) is 10.2 Å². The van der Waals surface area contributed by atoms with Gasteiger partial charge >= 0.3 is 6.03 Å². The Bertz CT molecular complexity index is 439. The summed E-state index contributed by atoms with van der Waals surface area (Å²) >= 11 is 0. The van der Waals surface area contributed by atoms with E-state index >= 15 is 0 Å². The van der Waals surface area contributed by atoms with Crippen LogP contribution in [0.2, 0.25) is 0 Å². The lowest BCUT2D eigenvalue weighted by Crippen LogP contribution is -2.25. The molecular weight excluding hydrogens is 194 g/mol. The normalized spacial score (nSPS) is 18.5. The Morgan fingerprint density at radius 2 is 1.87 bits per heavy atom. The lowest BCUT2D eigenvalue weighted by Gasteiger charge is -1.99. The van der Waals surface area contributed by atoms with E-state index < -0.39 is 11.9 Å². The van der Waals surface area contributed by atoms with Crippen molar-refractivity contribution in [2.45, 2.75) is 0 Å². The number of rotatable bonds is 1. The fraction of sp³-hybridized carbons (Fsp3) is 0.100. The predicted molar refractivity (Wildman–Crippen MR) is 54.8 cm³/mol. The minimum Gasteiger partial charge on any atom is -0.287 e. The minimum atomic E-state index is -0.449. The third-order valence-corrected chi connectivity index (χ3v) is 2.03. The molecule has 5 nitrogen and oxygen atoms in total. The molecule has 15 heavy (non-hydrogen) atoms. The largest absolute Gasteiger partial charge is 0.329 e. The molecule has 1 aromatic carbocycles. The minimum absolute atomic E-state index is 0.0636. The SMILES string of the molecule is CN1C(=O)NC(=Nc2ccccc2)C1=O. The van der Waals surface area contributed by atoms with Crippen LogP contribution in [0.3, 0.4) is 0 Å². The highest BCUT2D eigenvalue weighted by Gasteiger charge is 2.31. The average Bonchev–Trinajstić information content (AvgIpc) is 2.48. The Labute approximate surface area is 86.4 Å². The summed E-state index contributed by atoms with van der Waals surface area (Å²) in [6, 6.07) is 8.53. The predicted octanol–water partition coefficient (Wildman–Crippen LogP) is 0.898. The molecule has 1 aliphatic rings. The van der Waals surface area contributed by atoms with E-state index in [-0.39, 0.29) is 5.84 Å². The molecule has 1 fully saturated rings. The summed E-state index contributed by atoms with van der Waals surface area (Å²) in [5, 5.41) is 2.39. The van der Waals surface area contributed by atoms with Gasteiger partial charge in [-0.15, -0.1) is 0 Å². The van der Waals surface area contributed by atoms with Crippen LogP contribution in [0, 0.1) is 0 Å². The monoisotopic (exact) mass is 203 g/mol. The van der Waals surface area contributed by atoms with Crippen LogP contribution in [0.1, 0.15) is 0 Å². The zero-order valence-corrected chi connectivity index (χ0v) is 8.10. The first kappa shape index (κ1) is 9.39. The number of para-hydroxylation sites is 1. The lowest BCUT2D eigenvalue weighted by molar-refractivity contribution is -0.119. The topological polar surface area (TPSA) is 61.8 Å². The fourth-order valence-corrected chi connectivity index (χ4v) is 1.20. The maximum absolute atomic E-state index is 11.4. The quantitative estimate of drug-likeness (QED) is 0.689. The van der Waals surface area contributed by atoms with E-state index in [4.69, 9.17) is 0 Å². The van der Waals surface area contributed by atoms with E-state index in [9.17, 15) is 9.59 Å². The van der Waals surface area contributed by atoms with Crippen LogP contribution in [0.5, 0.6) is 0 Å². The highest BCUT2D eigenvalue weighted by Crippen LogP contribution is 2.11. The molecule has 0 radical (unpaired) electrons. The van der Waals surface area contributed by atoms with Gasteiger partial charge in [-0.3, -0.25) is 15.0 Å². The number of nitrogens with one attached hydrogen (secondary N) is 1. The van der Waals surface area contributed by atoms with E-state index in [0.29, 0.717) is 5.69 Å². The molecule has 0 atom stereocenters. The van der Waals surface area contributed by atoms with Crippen molar-refractivity contribution in [1.29, 1.82) is 0 Å². The highest BCUT2D eigenvalue weighted by molar-refractivity contribution is 6.47. The Morgan fingerprint density at radius 3 is 2.40 bits per heavy atom. The maximum atomic E-state index is 11.4. The standard InChI is InChI=1S/C10H9N3O2/c1-13-9(14)8(12-10(13)15)11-7-5-3-2-4-6-7/h2-6H,1H3,(H,11,12,15). The molecule has 1 heterocycles. The molecular formula is C10H9N3O2. The summed E-state index contributed by atoms with van der Waals surface area (Å²) in [4.78, 5) is 27.6. The molecule has 1 saturated heterocycles. The molecule has 1 aromatic rings. The summed E-state index contributed by atoms with van der Waals surface area (Å²) in [6.45, 7) is 0. The number of urea groups is 1. The smallest absolute Gasteiger partial charge is 0.287 e.